The van der Waals surface area contributed by atoms with Gasteiger partial charge in [0.15, 0.2) is 0 Å². The summed E-state index contributed by atoms with van der Waals surface area (Å²) in [6.07, 6.45) is 1.39. The smallest absolute Gasteiger partial charge is 0.0420 e. The van der Waals surface area contributed by atoms with Gasteiger partial charge in [-0.1, -0.05) is 42.8 Å². The van der Waals surface area contributed by atoms with Crippen LogP contribution < -0.4 is 10.2 Å². The third-order valence-electron chi connectivity index (χ3n) is 4.11. The summed E-state index contributed by atoms with van der Waals surface area (Å²) < 4.78 is 1.16. The van der Waals surface area contributed by atoms with E-state index in [1.54, 1.807) is 0 Å². The average molecular weight is 339 g/mol. The number of benzene rings is 1. The van der Waals surface area contributed by atoms with Gasteiger partial charge in [0.1, 0.15) is 0 Å². The summed E-state index contributed by atoms with van der Waals surface area (Å²) in [5, 5.41) is 3.55. The molecule has 2 rings (SSSR count). The Hall–Kier alpha value is -0.540. The molecule has 1 fully saturated rings. The van der Waals surface area contributed by atoms with E-state index in [1.807, 2.05) is 0 Å². The molecule has 3 heteroatoms. The van der Waals surface area contributed by atoms with Gasteiger partial charge in [0.2, 0.25) is 0 Å². The molecule has 112 valence electrons. The first-order valence-corrected chi connectivity index (χ1v) is 8.47. The number of nitrogens with one attached hydrogen (secondary N) is 1. The second kappa shape index (κ2) is 6.95. The zero-order valence-electron chi connectivity index (χ0n) is 13.1. The van der Waals surface area contributed by atoms with Crippen molar-refractivity contribution in [2.75, 3.05) is 25.0 Å². The van der Waals surface area contributed by atoms with Crippen LogP contribution in [0.4, 0.5) is 5.69 Å². The quantitative estimate of drug-likeness (QED) is 0.797. The van der Waals surface area contributed by atoms with Crippen molar-refractivity contribution in [1.82, 2.24) is 5.32 Å². The van der Waals surface area contributed by atoms with Gasteiger partial charge in [-0.25, -0.2) is 0 Å². The van der Waals surface area contributed by atoms with Gasteiger partial charge < -0.3 is 10.2 Å². The first kappa shape index (κ1) is 15.8. The molecule has 1 aromatic carbocycles. The number of hydrogen-bond acceptors (Lipinski definition) is 2. The molecule has 0 bridgehead atoms. The fraction of sp³-hybridized carbons (Fsp3) is 0.647. The molecule has 0 aromatic heterocycles. The van der Waals surface area contributed by atoms with Crippen LogP contribution in [0.25, 0.3) is 0 Å². The van der Waals surface area contributed by atoms with Gasteiger partial charge in [0, 0.05) is 30.3 Å². The molecule has 1 aliphatic rings. The lowest BCUT2D eigenvalue weighted by atomic mass is 10.1. The summed E-state index contributed by atoms with van der Waals surface area (Å²) in [5.74, 6) is 2.49. The molecule has 1 saturated carbocycles. The van der Waals surface area contributed by atoms with E-state index in [1.165, 1.54) is 24.2 Å². The van der Waals surface area contributed by atoms with E-state index in [0.717, 1.165) is 29.4 Å². The maximum Gasteiger partial charge on any atom is 0.0420 e. The summed E-state index contributed by atoms with van der Waals surface area (Å²) in [7, 11) is 2.22. The molecule has 2 unspecified atom stereocenters. The number of anilines is 1. The van der Waals surface area contributed by atoms with Crippen LogP contribution >= 0.6 is 15.9 Å². The molecule has 0 spiro atoms. The van der Waals surface area contributed by atoms with E-state index in [-0.39, 0.29) is 0 Å². The minimum atomic E-state index is 0.693. The van der Waals surface area contributed by atoms with Crippen molar-refractivity contribution >= 4 is 21.6 Å². The third kappa shape index (κ3) is 4.49. The van der Waals surface area contributed by atoms with E-state index < -0.39 is 0 Å². The average Bonchev–Trinajstić information content (AvgIpc) is 3.06. The first-order valence-electron chi connectivity index (χ1n) is 7.67. The van der Waals surface area contributed by atoms with Crippen molar-refractivity contribution in [2.45, 2.75) is 33.7 Å². The van der Waals surface area contributed by atoms with Crippen molar-refractivity contribution < 1.29 is 0 Å². The monoisotopic (exact) mass is 338 g/mol. The molecule has 0 saturated heterocycles. The van der Waals surface area contributed by atoms with Gasteiger partial charge in [-0.05, 0) is 48.4 Å². The van der Waals surface area contributed by atoms with Gasteiger partial charge in [-0.3, -0.25) is 0 Å². The molecule has 1 N–H and O–H groups in total. The highest BCUT2D eigenvalue weighted by molar-refractivity contribution is 9.10. The van der Waals surface area contributed by atoms with Crippen LogP contribution in [0.1, 0.15) is 32.8 Å². The van der Waals surface area contributed by atoms with Gasteiger partial charge in [-0.2, -0.15) is 0 Å². The van der Waals surface area contributed by atoms with E-state index in [4.69, 9.17) is 0 Å². The predicted octanol–water partition coefficient (Wildman–Crippen LogP) is 4.29. The van der Waals surface area contributed by atoms with E-state index in [9.17, 15) is 0 Å². The highest BCUT2D eigenvalue weighted by Crippen LogP contribution is 2.39. The second-order valence-electron chi connectivity index (χ2n) is 6.65. The fourth-order valence-electron chi connectivity index (χ4n) is 2.64. The molecular weight excluding hydrogens is 312 g/mol. The molecule has 0 aliphatic heterocycles. The Balaban J connectivity index is 2.02. The van der Waals surface area contributed by atoms with Gasteiger partial charge >= 0.3 is 0 Å². The Bertz CT molecular complexity index is 445. The van der Waals surface area contributed by atoms with E-state index in [2.05, 4.69) is 72.2 Å². The van der Waals surface area contributed by atoms with Crippen LogP contribution in [0.5, 0.6) is 0 Å². The molecule has 1 aliphatic carbocycles. The summed E-state index contributed by atoms with van der Waals surface area (Å²) in [6.45, 7) is 10.0. The fourth-order valence-corrected chi connectivity index (χ4v) is 2.99. The zero-order chi connectivity index (χ0) is 14.7. The summed E-state index contributed by atoms with van der Waals surface area (Å²) >= 11 is 3.60. The highest BCUT2D eigenvalue weighted by Gasteiger charge is 2.33. The topological polar surface area (TPSA) is 15.3 Å². The van der Waals surface area contributed by atoms with Crippen LogP contribution in [0.2, 0.25) is 0 Å². The van der Waals surface area contributed by atoms with Crippen molar-refractivity contribution in [3.63, 3.8) is 0 Å². The molecule has 0 radical (unpaired) electrons. The molecule has 1 aromatic rings. The Morgan fingerprint density at radius 2 is 2.10 bits per heavy atom. The van der Waals surface area contributed by atoms with Crippen molar-refractivity contribution in [3.8, 4) is 0 Å². The van der Waals surface area contributed by atoms with Crippen molar-refractivity contribution in [1.29, 1.82) is 0 Å². The number of nitrogens with zero attached hydrogens (tertiary/aromatic N) is 1. The molecule has 0 heterocycles. The van der Waals surface area contributed by atoms with Gasteiger partial charge in [-0.15, -0.1) is 0 Å². The summed E-state index contributed by atoms with van der Waals surface area (Å²) in [5.41, 5.74) is 2.75. The van der Waals surface area contributed by atoms with Crippen LogP contribution in [0.15, 0.2) is 22.7 Å². The van der Waals surface area contributed by atoms with Crippen LogP contribution in [0.3, 0.4) is 0 Å². The largest absolute Gasteiger partial charge is 0.374 e. The molecule has 2 atom stereocenters. The maximum absolute atomic E-state index is 3.60. The third-order valence-corrected chi connectivity index (χ3v) is 4.60. The van der Waals surface area contributed by atoms with Crippen LogP contribution in [-0.2, 0) is 6.54 Å². The number of halogens is 1. The maximum atomic E-state index is 3.60. The Kier molecular flexibility index (Phi) is 5.50. The first-order chi connectivity index (χ1) is 9.47. The lowest BCUT2D eigenvalue weighted by Crippen LogP contribution is -2.24. The molecule has 20 heavy (non-hydrogen) atoms. The van der Waals surface area contributed by atoms with Gasteiger partial charge in [0.25, 0.3) is 0 Å². The van der Waals surface area contributed by atoms with Gasteiger partial charge in [0.05, 0.1) is 0 Å². The van der Waals surface area contributed by atoms with Crippen molar-refractivity contribution in [2.24, 2.45) is 17.8 Å². The lowest BCUT2D eigenvalue weighted by molar-refractivity contribution is 0.552. The summed E-state index contributed by atoms with van der Waals surface area (Å²) in [4.78, 5) is 2.42. The van der Waals surface area contributed by atoms with Crippen LogP contribution in [-0.4, -0.2) is 20.1 Å². The lowest BCUT2D eigenvalue weighted by Gasteiger charge is -2.23. The SMILES string of the molecule is CC(C)CNCc1ccc(Br)cc1N(C)CC1CC1C. The minimum absolute atomic E-state index is 0.693. The van der Waals surface area contributed by atoms with E-state index >= 15 is 0 Å². The zero-order valence-corrected chi connectivity index (χ0v) is 14.7. The molecule has 2 nitrogen and oxygen atoms in total. The normalized spacial score (nSPS) is 21.3. The minimum Gasteiger partial charge on any atom is -0.374 e. The van der Waals surface area contributed by atoms with Crippen molar-refractivity contribution in [3.05, 3.63) is 28.2 Å². The highest BCUT2D eigenvalue weighted by atomic mass is 79.9. The second-order valence-corrected chi connectivity index (χ2v) is 7.57. The Morgan fingerprint density at radius 3 is 2.70 bits per heavy atom. The molecular formula is C17H27BrN2. The predicted molar refractivity (Wildman–Crippen MR) is 91.2 cm³/mol. The Morgan fingerprint density at radius 1 is 1.40 bits per heavy atom. The summed E-state index contributed by atoms with van der Waals surface area (Å²) in [6, 6.07) is 6.63. The molecule has 0 amide bonds. The number of hydrogen-bond donors (Lipinski definition) is 1. The number of rotatable bonds is 7. The standard InChI is InChI=1S/C17H27BrN2/c1-12(2)9-19-10-14-5-6-16(18)8-17(14)20(4)11-15-7-13(15)3/h5-6,8,12-13,15,19H,7,9-11H2,1-4H3. The Labute approximate surface area is 132 Å². The van der Waals surface area contributed by atoms with E-state index in [0.29, 0.717) is 5.92 Å². The van der Waals surface area contributed by atoms with Crippen LogP contribution in [0, 0.1) is 17.8 Å².